The quantitative estimate of drug-likeness (QED) is 0.670. The van der Waals surface area contributed by atoms with E-state index in [4.69, 9.17) is 9.84 Å². The van der Waals surface area contributed by atoms with E-state index in [-0.39, 0.29) is 35.0 Å². The Morgan fingerprint density at radius 3 is 2.82 bits per heavy atom. The Morgan fingerprint density at radius 2 is 2.29 bits per heavy atom. The van der Waals surface area contributed by atoms with Crippen LogP contribution in [0.2, 0.25) is 0 Å². The maximum atomic E-state index is 13.2. The van der Waals surface area contributed by atoms with Gasteiger partial charge in [-0.15, -0.1) is 0 Å². The van der Waals surface area contributed by atoms with Gasteiger partial charge in [0.25, 0.3) is 0 Å². The lowest BCUT2D eigenvalue weighted by Crippen LogP contribution is -2.13. The van der Waals surface area contributed by atoms with E-state index >= 15 is 0 Å². The second kappa shape index (κ2) is 5.92. The smallest absolute Gasteiger partial charge is 0.312 e. The third-order valence-electron chi connectivity index (χ3n) is 2.03. The van der Waals surface area contributed by atoms with Gasteiger partial charge in [0.2, 0.25) is 0 Å². The molecule has 0 saturated heterocycles. The van der Waals surface area contributed by atoms with E-state index < -0.39 is 10.7 Å². The van der Waals surface area contributed by atoms with Crippen molar-refractivity contribution < 1.29 is 19.2 Å². The van der Waals surface area contributed by atoms with E-state index in [0.29, 0.717) is 0 Å². The number of aliphatic hydroxyl groups excluding tert-OH is 1. The first kappa shape index (κ1) is 13.9. The molecule has 1 atom stereocenters. The zero-order chi connectivity index (χ0) is 13.0. The van der Waals surface area contributed by atoms with Gasteiger partial charge in [-0.1, -0.05) is 6.92 Å². The van der Waals surface area contributed by atoms with E-state index in [9.17, 15) is 14.5 Å². The van der Waals surface area contributed by atoms with Gasteiger partial charge >= 0.3 is 5.69 Å². The second-order valence-electron chi connectivity index (χ2n) is 3.59. The molecule has 0 radical (unpaired) electrons. The molecule has 0 spiro atoms. The van der Waals surface area contributed by atoms with Gasteiger partial charge in [0.05, 0.1) is 16.0 Å². The number of nitrogens with zero attached hydrogens (tertiary/aromatic N) is 1. The lowest BCUT2D eigenvalue weighted by molar-refractivity contribution is -0.386. The maximum absolute atomic E-state index is 13.2. The maximum Gasteiger partial charge on any atom is 0.312 e. The summed E-state index contributed by atoms with van der Waals surface area (Å²) < 4.78 is 18.4. The number of ether oxygens (including phenoxy) is 1. The molecule has 0 aliphatic rings. The van der Waals surface area contributed by atoms with Crippen molar-refractivity contribution in [2.45, 2.75) is 6.92 Å². The van der Waals surface area contributed by atoms with Crippen LogP contribution in [0.3, 0.4) is 0 Å². The Hall–Kier alpha value is -1.21. The van der Waals surface area contributed by atoms with Gasteiger partial charge in [-0.05, 0) is 15.9 Å². The molecular weight excluding hydrogens is 297 g/mol. The molecule has 5 nitrogen and oxygen atoms in total. The molecule has 0 saturated carbocycles. The number of benzene rings is 1. The molecule has 0 bridgehead atoms. The van der Waals surface area contributed by atoms with Crippen LogP contribution < -0.4 is 4.74 Å². The summed E-state index contributed by atoms with van der Waals surface area (Å²) in [5, 5.41) is 19.5. The third-order valence-corrected chi connectivity index (χ3v) is 2.64. The van der Waals surface area contributed by atoms with Crippen molar-refractivity contribution >= 4 is 21.6 Å². The van der Waals surface area contributed by atoms with Crippen LogP contribution in [-0.4, -0.2) is 23.2 Å². The van der Waals surface area contributed by atoms with Crippen LogP contribution in [0.1, 0.15) is 6.92 Å². The summed E-state index contributed by atoms with van der Waals surface area (Å²) in [5.41, 5.74) is -0.316. The fourth-order valence-electron chi connectivity index (χ4n) is 1.06. The Morgan fingerprint density at radius 1 is 1.65 bits per heavy atom. The monoisotopic (exact) mass is 307 g/mol. The number of aliphatic hydroxyl groups is 1. The van der Waals surface area contributed by atoms with Gasteiger partial charge in [0.15, 0.2) is 5.75 Å². The highest BCUT2D eigenvalue weighted by Gasteiger charge is 2.19. The molecule has 1 N–H and O–H groups in total. The van der Waals surface area contributed by atoms with Crippen molar-refractivity contribution in [1.82, 2.24) is 0 Å². The van der Waals surface area contributed by atoms with Crippen molar-refractivity contribution in [3.05, 3.63) is 32.5 Å². The predicted octanol–water partition coefficient (Wildman–Crippen LogP) is 2.50. The first-order valence-corrected chi connectivity index (χ1v) is 5.62. The summed E-state index contributed by atoms with van der Waals surface area (Å²) in [6.45, 7) is 1.69. The molecule has 1 unspecified atom stereocenters. The van der Waals surface area contributed by atoms with Gasteiger partial charge in [-0.2, -0.15) is 0 Å². The Bertz CT molecular complexity index is 427. The first-order chi connectivity index (χ1) is 7.95. The lowest BCUT2D eigenvalue weighted by Gasteiger charge is -2.11. The summed E-state index contributed by atoms with van der Waals surface area (Å²) in [5.74, 6) is -0.959. The molecule has 17 heavy (non-hydrogen) atoms. The number of rotatable bonds is 5. The molecule has 7 heteroatoms. The van der Waals surface area contributed by atoms with Crippen molar-refractivity contribution in [1.29, 1.82) is 0 Å². The van der Waals surface area contributed by atoms with Crippen LogP contribution in [-0.2, 0) is 0 Å². The van der Waals surface area contributed by atoms with Crippen LogP contribution in [0.15, 0.2) is 16.6 Å². The number of nitro benzene ring substituents is 1. The van der Waals surface area contributed by atoms with Crippen LogP contribution >= 0.6 is 15.9 Å². The highest BCUT2D eigenvalue weighted by atomic mass is 79.9. The molecule has 0 fully saturated rings. The van der Waals surface area contributed by atoms with Crippen LogP contribution in [0.5, 0.6) is 5.75 Å². The fraction of sp³-hybridized carbons (Fsp3) is 0.400. The topological polar surface area (TPSA) is 72.6 Å². The molecule has 1 aromatic carbocycles. The minimum absolute atomic E-state index is 0.00626. The zero-order valence-corrected chi connectivity index (χ0v) is 10.6. The molecule has 0 aliphatic heterocycles. The SMILES string of the molecule is CC(CO)COc1cc(F)c(Br)cc1[N+](=O)[O-]. The molecule has 0 aliphatic carbocycles. The second-order valence-corrected chi connectivity index (χ2v) is 4.44. The average Bonchev–Trinajstić information content (AvgIpc) is 2.29. The van der Waals surface area contributed by atoms with E-state index in [0.717, 1.165) is 12.1 Å². The number of hydrogen-bond acceptors (Lipinski definition) is 4. The van der Waals surface area contributed by atoms with E-state index in [1.165, 1.54) is 0 Å². The Labute approximate surface area is 105 Å². The van der Waals surface area contributed by atoms with Crippen LogP contribution in [0.4, 0.5) is 10.1 Å². The van der Waals surface area contributed by atoms with Gasteiger partial charge in [0, 0.05) is 24.7 Å². The first-order valence-electron chi connectivity index (χ1n) is 4.82. The van der Waals surface area contributed by atoms with Gasteiger partial charge in [-0.3, -0.25) is 10.1 Å². The number of halogens is 2. The fourth-order valence-corrected chi connectivity index (χ4v) is 1.39. The number of nitro groups is 1. The Balaban J connectivity index is 2.96. The van der Waals surface area contributed by atoms with Crippen LogP contribution in [0, 0.1) is 21.8 Å². The van der Waals surface area contributed by atoms with Crippen molar-refractivity contribution in [2.75, 3.05) is 13.2 Å². The summed E-state index contributed by atoms with van der Waals surface area (Å²) in [6.07, 6.45) is 0. The minimum atomic E-state index is -0.650. The molecule has 0 amide bonds. The highest BCUT2D eigenvalue weighted by Crippen LogP contribution is 2.32. The molecule has 0 heterocycles. The van der Waals surface area contributed by atoms with E-state index in [2.05, 4.69) is 15.9 Å². The van der Waals surface area contributed by atoms with Crippen molar-refractivity contribution in [3.8, 4) is 5.75 Å². The lowest BCUT2D eigenvalue weighted by atomic mass is 10.2. The minimum Gasteiger partial charge on any atom is -0.486 e. The standard InChI is InChI=1S/C10H11BrFNO4/c1-6(4-14)5-17-10-3-8(12)7(11)2-9(10)13(15)16/h2-3,6,14H,4-5H2,1H3. The van der Waals surface area contributed by atoms with Crippen molar-refractivity contribution in [2.24, 2.45) is 5.92 Å². The predicted molar refractivity (Wildman–Crippen MR) is 62.5 cm³/mol. The van der Waals surface area contributed by atoms with Gasteiger partial charge < -0.3 is 9.84 Å². The molecule has 1 aromatic rings. The summed E-state index contributed by atoms with van der Waals surface area (Å²) in [7, 11) is 0. The normalized spacial score (nSPS) is 12.2. The summed E-state index contributed by atoms with van der Waals surface area (Å²) in [6, 6.07) is 2.00. The van der Waals surface area contributed by atoms with Crippen molar-refractivity contribution in [3.63, 3.8) is 0 Å². The van der Waals surface area contributed by atoms with E-state index in [1.54, 1.807) is 6.92 Å². The van der Waals surface area contributed by atoms with E-state index in [1.807, 2.05) is 0 Å². The Kier molecular flexibility index (Phi) is 4.83. The molecular formula is C10H11BrFNO4. The molecule has 94 valence electrons. The molecule has 0 aromatic heterocycles. The average molecular weight is 308 g/mol. The van der Waals surface area contributed by atoms with Crippen LogP contribution in [0.25, 0.3) is 0 Å². The van der Waals surface area contributed by atoms with Gasteiger partial charge in [0.1, 0.15) is 5.82 Å². The summed E-state index contributed by atoms with van der Waals surface area (Å²) in [4.78, 5) is 10.1. The zero-order valence-electron chi connectivity index (χ0n) is 9.02. The largest absolute Gasteiger partial charge is 0.486 e. The third kappa shape index (κ3) is 3.64. The molecule has 1 rings (SSSR count). The van der Waals surface area contributed by atoms with Gasteiger partial charge in [-0.25, -0.2) is 4.39 Å². The number of hydrogen-bond donors (Lipinski definition) is 1. The summed E-state index contributed by atoms with van der Waals surface area (Å²) >= 11 is 2.87. The highest BCUT2D eigenvalue weighted by molar-refractivity contribution is 9.10.